The maximum absolute atomic E-state index is 12.5. The number of nitrogens with zero attached hydrogens (tertiary/aromatic N) is 4. The fourth-order valence-corrected chi connectivity index (χ4v) is 2.98. The lowest BCUT2D eigenvalue weighted by Crippen LogP contribution is -2.35. The number of fused-ring (bicyclic) bond motifs is 1. The minimum Gasteiger partial charge on any atom is -0.341 e. The summed E-state index contributed by atoms with van der Waals surface area (Å²) in [6.45, 7) is 1.68. The third-order valence-corrected chi connectivity index (χ3v) is 4.17. The Hall–Kier alpha value is -2.61. The second kappa shape index (κ2) is 6.02. The molecule has 112 valence electrons. The summed E-state index contributed by atoms with van der Waals surface area (Å²) >= 11 is 0. The number of aromatic nitrogens is 2. The van der Waals surface area contributed by atoms with Gasteiger partial charge in [0, 0.05) is 44.5 Å². The summed E-state index contributed by atoms with van der Waals surface area (Å²) in [7, 11) is 1.82. The molecule has 3 rings (SSSR count). The van der Waals surface area contributed by atoms with Crippen molar-refractivity contribution in [2.24, 2.45) is 5.92 Å². The Morgan fingerprint density at radius 3 is 3.23 bits per heavy atom. The van der Waals surface area contributed by atoms with Crippen LogP contribution in [0.2, 0.25) is 0 Å². The molecule has 5 heteroatoms. The first-order valence-corrected chi connectivity index (χ1v) is 7.43. The van der Waals surface area contributed by atoms with Gasteiger partial charge in [0.05, 0.1) is 11.6 Å². The zero-order chi connectivity index (χ0) is 15.5. The molecular formula is C17H18N4O. The molecule has 2 aromatic rings. The maximum atomic E-state index is 12.5. The molecule has 22 heavy (non-hydrogen) atoms. The Bertz CT molecular complexity index is 728. The lowest BCUT2D eigenvalue weighted by Gasteiger charge is -2.28. The van der Waals surface area contributed by atoms with Gasteiger partial charge in [0.25, 0.3) is 5.91 Å². The minimum absolute atomic E-state index is 0.0361. The molecule has 2 heterocycles. The van der Waals surface area contributed by atoms with Crippen LogP contribution in [-0.2, 0) is 13.0 Å². The first-order valence-electron chi connectivity index (χ1n) is 7.43. The minimum atomic E-state index is -0.0361. The van der Waals surface area contributed by atoms with Gasteiger partial charge in [-0.1, -0.05) is 6.07 Å². The van der Waals surface area contributed by atoms with Crippen molar-refractivity contribution in [2.45, 2.75) is 19.4 Å². The second-order valence-electron chi connectivity index (χ2n) is 5.77. The van der Waals surface area contributed by atoms with Gasteiger partial charge >= 0.3 is 0 Å². The second-order valence-corrected chi connectivity index (χ2v) is 5.77. The van der Waals surface area contributed by atoms with Crippen LogP contribution in [0.25, 0.3) is 0 Å². The van der Waals surface area contributed by atoms with Gasteiger partial charge in [-0.15, -0.1) is 0 Å². The smallest absolute Gasteiger partial charge is 0.253 e. The topological polar surface area (TPSA) is 61.9 Å². The van der Waals surface area contributed by atoms with E-state index in [1.165, 1.54) is 0 Å². The zero-order valence-corrected chi connectivity index (χ0v) is 12.6. The highest BCUT2D eigenvalue weighted by molar-refractivity contribution is 5.94. The van der Waals surface area contributed by atoms with Crippen LogP contribution in [0.3, 0.4) is 0 Å². The van der Waals surface area contributed by atoms with Gasteiger partial charge in [-0.05, 0) is 30.5 Å². The van der Waals surface area contributed by atoms with Crippen molar-refractivity contribution in [2.75, 3.05) is 13.6 Å². The van der Waals surface area contributed by atoms with Gasteiger partial charge in [-0.2, -0.15) is 5.26 Å². The maximum Gasteiger partial charge on any atom is 0.253 e. The molecule has 5 nitrogen and oxygen atoms in total. The third-order valence-electron chi connectivity index (χ3n) is 4.17. The molecule has 1 atom stereocenters. The summed E-state index contributed by atoms with van der Waals surface area (Å²) in [5.41, 5.74) is 1.08. The van der Waals surface area contributed by atoms with E-state index in [9.17, 15) is 4.79 Å². The van der Waals surface area contributed by atoms with Crippen molar-refractivity contribution in [3.63, 3.8) is 0 Å². The molecule has 0 spiro atoms. The number of rotatable bonds is 3. The lowest BCUT2D eigenvalue weighted by atomic mass is 9.97. The highest BCUT2D eigenvalue weighted by Crippen LogP contribution is 2.20. The first kappa shape index (κ1) is 14.3. The Kier molecular flexibility index (Phi) is 3.92. The average molecular weight is 294 g/mol. The van der Waals surface area contributed by atoms with Crippen LogP contribution in [0.1, 0.15) is 28.2 Å². The quantitative estimate of drug-likeness (QED) is 0.871. The molecule has 1 aromatic carbocycles. The van der Waals surface area contributed by atoms with E-state index in [-0.39, 0.29) is 5.91 Å². The zero-order valence-electron chi connectivity index (χ0n) is 12.6. The number of imidazole rings is 1. The Balaban J connectivity index is 1.66. The van der Waals surface area contributed by atoms with Gasteiger partial charge in [-0.25, -0.2) is 4.98 Å². The predicted octanol–water partition coefficient (Wildman–Crippen LogP) is 2.09. The number of benzene rings is 1. The van der Waals surface area contributed by atoms with Crippen LogP contribution in [0, 0.1) is 17.2 Å². The van der Waals surface area contributed by atoms with Crippen molar-refractivity contribution in [1.29, 1.82) is 5.26 Å². The SMILES string of the molecule is CN(C[C@@H]1CCn2ccnc2C1)C(=O)c1cccc(C#N)c1. The van der Waals surface area contributed by atoms with Crippen molar-refractivity contribution < 1.29 is 4.79 Å². The highest BCUT2D eigenvalue weighted by atomic mass is 16.2. The standard InChI is InChI=1S/C17H18N4O/c1-20(17(22)15-4-2-3-13(9-15)11-18)12-14-5-7-21-8-6-19-16(21)10-14/h2-4,6,8-9,14H,5,7,10,12H2,1H3/t14-/m1/s1. The molecule has 0 N–H and O–H groups in total. The van der Waals surface area contributed by atoms with E-state index < -0.39 is 0 Å². The third kappa shape index (κ3) is 2.86. The summed E-state index contributed by atoms with van der Waals surface area (Å²) in [4.78, 5) is 18.6. The van der Waals surface area contributed by atoms with Gasteiger partial charge in [-0.3, -0.25) is 4.79 Å². The molecule has 1 amide bonds. The van der Waals surface area contributed by atoms with Gasteiger partial charge < -0.3 is 9.47 Å². The molecule has 0 saturated heterocycles. The van der Waals surface area contributed by atoms with E-state index in [1.807, 2.05) is 19.4 Å². The van der Waals surface area contributed by atoms with E-state index in [2.05, 4.69) is 15.6 Å². The molecule has 1 aliphatic rings. The fraction of sp³-hybridized carbons (Fsp3) is 0.353. The van der Waals surface area contributed by atoms with Crippen LogP contribution >= 0.6 is 0 Å². The van der Waals surface area contributed by atoms with E-state index in [0.717, 1.165) is 25.2 Å². The molecular weight excluding hydrogens is 276 g/mol. The van der Waals surface area contributed by atoms with E-state index in [4.69, 9.17) is 5.26 Å². The Morgan fingerprint density at radius 1 is 1.55 bits per heavy atom. The molecule has 0 unspecified atom stereocenters. The number of amides is 1. The monoisotopic (exact) mass is 294 g/mol. The lowest BCUT2D eigenvalue weighted by molar-refractivity contribution is 0.0764. The van der Waals surface area contributed by atoms with E-state index >= 15 is 0 Å². The van der Waals surface area contributed by atoms with Crippen LogP contribution in [-0.4, -0.2) is 34.0 Å². The number of carbonyl (C=O) groups excluding carboxylic acids is 1. The largest absolute Gasteiger partial charge is 0.341 e. The number of hydrogen-bond acceptors (Lipinski definition) is 3. The molecule has 0 fully saturated rings. The van der Waals surface area contributed by atoms with Crippen molar-refractivity contribution in [3.05, 3.63) is 53.6 Å². The van der Waals surface area contributed by atoms with Gasteiger partial charge in [0.1, 0.15) is 5.82 Å². The molecule has 1 aromatic heterocycles. The summed E-state index contributed by atoms with van der Waals surface area (Å²) in [5, 5.41) is 8.93. The molecule has 0 bridgehead atoms. The Labute approximate surface area is 129 Å². The van der Waals surface area contributed by atoms with Crippen molar-refractivity contribution in [3.8, 4) is 6.07 Å². The van der Waals surface area contributed by atoms with Crippen molar-refractivity contribution >= 4 is 5.91 Å². The fourth-order valence-electron chi connectivity index (χ4n) is 2.98. The predicted molar refractivity (Wildman–Crippen MR) is 82.2 cm³/mol. The summed E-state index contributed by atoms with van der Waals surface area (Å²) in [5.74, 6) is 1.50. The molecule has 0 saturated carbocycles. The number of hydrogen-bond donors (Lipinski definition) is 0. The average Bonchev–Trinajstić information content (AvgIpc) is 3.01. The normalized spacial score (nSPS) is 16.6. The van der Waals surface area contributed by atoms with Gasteiger partial charge in [0.2, 0.25) is 0 Å². The molecule has 0 radical (unpaired) electrons. The Morgan fingerprint density at radius 2 is 2.41 bits per heavy atom. The van der Waals surface area contributed by atoms with Crippen LogP contribution in [0.5, 0.6) is 0 Å². The molecule has 0 aliphatic carbocycles. The van der Waals surface area contributed by atoms with Crippen LogP contribution in [0.4, 0.5) is 0 Å². The highest BCUT2D eigenvalue weighted by Gasteiger charge is 2.22. The van der Waals surface area contributed by atoms with E-state index in [1.54, 1.807) is 29.2 Å². The van der Waals surface area contributed by atoms with Crippen molar-refractivity contribution in [1.82, 2.24) is 14.5 Å². The number of aryl methyl sites for hydroxylation is 1. The summed E-state index contributed by atoms with van der Waals surface area (Å²) < 4.78 is 2.18. The number of nitriles is 1. The van der Waals surface area contributed by atoms with Gasteiger partial charge in [0.15, 0.2) is 0 Å². The summed E-state index contributed by atoms with van der Waals surface area (Å²) in [6, 6.07) is 8.92. The first-order chi connectivity index (χ1) is 10.7. The van der Waals surface area contributed by atoms with E-state index in [0.29, 0.717) is 23.6 Å². The molecule has 1 aliphatic heterocycles. The van der Waals surface area contributed by atoms with Crippen LogP contribution < -0.4 is 0 Å². The van der Waals surface area contributed by atoms with Crippen LogP contribution in [0.15, 0.2) is 36.7 Å². The summed E-state index contributed by atoms with van der Waals surface area (Å²) in [6.07, 6.45) is 5.80. The number of carbonyl (C=O) groups is 1.